The quantitative estimate of drug-likeness (QED) is 0.896. The van der Waals surface area contributed by atoms with Crippen LogP contribution >= 0.6 is 0 Å². The minimum absolute atomic E-state index is 0.556. The molecule has 0 unspecified atom stereocenters. The van der Waals surface area contributed by atoms with Gasteiger partial charge in [-0.15, -0.1) is 0 Å². The lowest BCUT2D eigenvalue weighted by atomic mass is 10.0. The van der Waals surface area contributed by atoms with Crippen LogP contribution in [0.15, 0.2) is 34.7 Å². The van der Waals surface area contributed by atoms with Gasteiger partial charge in [0.2, 0.25) is 0 Å². The second-order valence-corrected chi connectivity index (χ2v) is 5.45. The van der Waals surface area contributed by atoms with Crippen molar-refractivity contribution >= 4 is 0 Å². The smallest absolute Gasteiger partial charge is 0.416 e. The van der Waals surface area contributed by atoms with E-state index >= 15 is 0 Å². The molecule has 0 amide bonds. The Morgan fingerprint density at radius 1 is 1.19 bits per heavy atom. The first kappa shape index (κ1) is 14.2. The second kappa shape index (κ2) is 5.22. The molecule has 1 aliphatic rings. The highest BCUT2D eigenvalue weighted by molar-refractivity contribution is 5.62. The number of benzene rings is 1. The summed E-state index contributed by atoms with van der Waals surface area (Å²) in [6, 6.07) is 7.97. The maximum absolute atomic E-state index is 12.7. The van der Waals surface area contributed by atoms with E-state index in [1.165, 1.54) is 18.9 Å². The molecule has 2 nitrogen and oxygen atoms in total. The Kier molecular flexibility index (Phi) is 3.53. The third kappa shape index (κ3) is 3.29. The maximum atomic E-state index is 12.7. The SMILES string of the molecule is Cc1cc(C(F)(F)F)ccc1-c1ccc(CNC2CC2)o1. The molecule has 2 aromatic rings. The summed E-state index contributed by atoms with van der Waals surface area (Å²) < 4.78 is 43.7. The summed E-state index contributed by atoms with van der Waals surface area (Å²) in [7, 11) is 0. The summed E-state index contributed by atoms with van der Waals surface area (Å²) in [6.07, 6.45) is -1.91. The fraction of sp³-hybridized carbons (Fsp3) is 0.375. The van der Waals surface area contributed by atoms with Gasteiger partial charge in [0.15, 0.2) is 0 Å². The number of rotatable bonds is 4. The minimum atomic E-state index is -4.31. The third-order valence-corrected chi connectivity index (χ3v) is 3.62. The van der Waals surface area contributed by atoms with Gasteiger partial charge in [0, 0.05) is 11.6 Å². The Morgan fingerprint density at radius 2 is 1.95 bits per heavy atom. The van der Waals surface area contributed by atoms with Crippen molar-refractivity contribution < 1.29 is 17.6 Å². The van der Waals surface area contributed by atoms with Gasteiger partial charge in [-0.1, -0.05) is 6.07 Å². The van der Waals surface area contributed by atoms with Gasteiger partial charge < -0.3 is 9.73 Å². The zero-order valence-electron chi connectivity index (χ0n) is 11.6. The number of nitrogens with one attached hydrogen (secondary N) is 1. The zero-order chi connectivity index (χ0) is 15.0. The fourth-order valence-electron chi connectivity index (χ4n) is 2.27. The first-order valence-corrected chi connectivity index (χ1v) is 6.94. The molecule has 3 rings (SSSR count). The summed E-state index contributed by atoms with van der Waals surface area (Å²) >= 11 is 0. The van der Waals surface area contributed by atoms with E-state index in [1.807, 2.05) is 6.07 Å². The van der Waals surface area contributed by atoms with E-state index in [0.29, 0.717) is 29.5 Å². The maximum Gasteiger partial charge on any atom is 0.416 e. The predicted molar refractivity (Wildman–Crippen MR) is 73.7 cm³/mol. The molecule has 0 aliphatic heterocycles. The molecule has 0 radical (unpaired) electrons. The highest BCUT2D eigenvalue weighted by Crippen LogP contribution is 2.33. The van der Waals surface area contributed by atoms with E-state index in [-0.39, 0.29) is 0 Å². The minimum Gasteiger partial charge on any atom is -0.460 e. The van der Waals surface area contributed by atoms with E-state index < -0.39 is 11.7 Å². The Morgan fingerprint density at radius 3 is 2.57 bits per heavy atom. The summed E-state index contributed by atoms with van der Waals surface area (Å²) in [5.74, 6) is 1.41. The lowest BCUT2D eigenvalue weighted by Crippen LogP contribution is -2.14. The molecule has 5 heteroatoms. The van der Waals surface area contributed by atoms with E-state index in [0.717, 1.165) is 17.9 Å². The lowest BCUT2D eigenvalue weighted by Gasteiger charge is -2.09. The van der Waals surface area contributed by atoms with Crippen LogP contribution < -0.4 is 5.32 Å². The average Bonchev–Trinajstić information content (AvgIpc) is 3.13. The molecule has 0 spiro atoms. The molecule has 1 aliphatic carbocycles. The third-order valence-electron chi connectivity index (χ3n) is 3.62. The van der Waals surface area contributed by atoms with Crippen LogP contribution in [0.4, 0.5) is 13.2 Å². The van der Waals surface area contributed by atoms with Crippen LogP contribution in [0.5, 0.6) is 0 Å². The van der Waals surface area contributed by atoms with Crippen molar-refractivity contribution in [2.75, 3.05) is 0 Å². The lowest BCUT2D eigenvalue weighted by molar-refractivity contribution is -0.137. The Balaban J connectivity index is 1.79. The molecular weight excluding hydrogens is 279 g/mol. The Bertz CT molecular complexity index is 641. The van der Waals surface area contributed by atoms with Gasteiger partial charge in [-0.25, -0.2) is 0 Å². The van der Waals surface area contributed by atoms with Gasteiger partial charge in [-0.05, 0) is 49.6 Å². The molecule has 1 aromatic heterocycles. The predicted octanol–water partition coefficient (Wildman–Crippen LogP) is 4.53. The number of hydrogen-bond acceptors (Lipinski definition) is 2. The Hall–Kier alpha value is -1.75. The number of aryl methyl sites for hydroxylation is 1. The summed E-state index contributed by atoms with van der Waals surface area (Å²) in [5, 5.41) is 3.34. The molecule has 1 heterocycles. The van der Waals surface area contributed by atoms with E-state index in [9.17, 15) is 13.2 Å². The van der Waals surface area contributed by atoms with Crippen LogP contribution in [0.2, 0.25) is 0 Å². The number of alkyl halides is 3. The van der Waals surface area contributed by atoms with Crippen LogP contribution in [0.1, 0.15) is 29.7 Å². The van der Waals surface area contributed by atoms with Gasteiger partial charge in [-0.3, -0.25) is 0 Å². The monoisotopic (exact) mass is 295 g/mol. The first-order valence-electron chi connectivity index (χ1n) is 6.94. The largest absolute Gasteiger partial charge is 0.460 e. The fourth-order valence-corrected chi connectivity index (χ4v) is 2.27. The van der Waals surface area contributed by atoms with Gasteiger partial charge in [0.1, 0.15) is 11.5 Å². The van der Waals surface area contributed by atoms with Crippen molar-refractivity contribution in [3.05, 3.63) is 47.2 Å². The molecule has 0 bridgehead atoms. The van der Waals surface area contributed by atoms with Gasteiger partial charge in [0.05, 0.1) is 12.1 Å². The van der Waals surface area contributed by atoms with Crippen molar-refractivity contribution in [1.82, 2.24) is 5.32 Å². The van der Waals surface area contributed by atoms with E-state index in [2.05, 4.69) is 5.32 Å². The number of hydrogen-bond donors (Lipinski definition) is 1. The van der Waals surface area contributed by atoms with Crippen LogP contribution in [0.25, 0.3) is 11.3 Å². The first-order chi connectivity index (χ1) is 9.93. The molecule has 1 aromatic carbocycles. The molecule has 1 saturated carbocycles. The molecular formula is C16H16F3NO. The molecule has 1 N–H and O–H groups in total. The number of halogens is 3. The van der Waals surface area contributed by atoms with Crippen molar-refractivity contribution in [3.8, 4) is 11.3 Å². The molecule has 0 atom stereocenters. The van der Waals surface area contributed by atoms with Crippen LogP contribution in [0.3, 0.4) is 0 Å². The summed E-state index contributed by atoms with van der Waals surface area (Å²) in [6.45, 7) is 2.32. The van der Waals surface area contributed by atoms with Gasteiger partial charge in [-0.2, -0.15) is 13.2 Å². The average molecular weight is 295 g/mol. The summed E-state index contributed by atoms with van der Waals surface area (Å²) in [5.41, 5.74) is 0.618. The van der Waals surface area contributed by atoms with Gasteiger partial charge in [0.25, 0.3) is 0 Å². The van der Waals surface area contributed by atoms with E-state index in [4.69, 9.17) is 4.42 Å². The summed E-state index contributed by atoms with van der Waals surface area (Å²) in [4.78, 5) is 0. The number of furan rings is 1. The normalized spacial score (nSPS) is 15.4. The molecule has 21 heavy (non-hydrogen) atoms. The van der Waals surface area contributed by atoms with Crippen molar-refractivity contribution in [2.45, 2.75) is 38.5 Å². The second-order valence-electron chi connectivity index (χ2n) is 5.45. The zero-order valence-corrected chi connectivity index (χ0v) is 11.6. The van der Waals surface area contributed by atoms with Crippen LogP contribution in [-0.2, 0) is 12.7 Å². The van der Waals surface area contributed by atoms with Crippen molar-refractivity contribution in [3.63, 3.8) is 0 Å². The van der Waals surface area contributed by atoms with Crippen LogP contribution in [-0.4, -0.2) is 6.04 Å². The molecule has 112 valence electrons. The standard InChI is InChI=1S/C16H16F3NO/c1-10-8-11(16(17,18)19)2-6-14(10)15-7-5-13(21-15)9-20-12-3-4-12/h2,5-8,12,20H,3-4,9H2,1H3. The van der Waals surface area contributed by atoms with E-state index in [1.54, 1.807) is 13.0 Å². The van der Waals surface area contributed by atoms with Crippen LogP contribution in [0, 0.1) is 6.92 Å². The van der Waals surface area contributed by atoms with Gasteiger partial charge >= 0.3 is 6.18 Å². The highest BCUT2D eigenvalue weighted by Gasteiger charge is 2.30. The topological polar surface area (TPSA) is 25.2 Å². The van der Waals surface area contributed by atoms with Crippen molar-refractivity contribution in [1.29, 1.82) is 0 Å². The molecule has 1 fully saturated rings. The molecule has 0 saturated heterocycles. The highest BCUT2D eigenvalue weighted by atomic mass is 19.4. The van der Waals surface area contributed by atoms with Crippen molar-refractivity contribution in [2.24, 2.45) is 0 Å². The Labute approximate surface area is 121 Å².